The molecule has 0 bridgehead atoms. The fourth-order valence-corrected chi connectivity index (χ4v) is 2.80. The van der Waals surface area contributed by atoms with Gasteiger partial charge in [-0.3, -0.25) is 19.2 Å². The van der Waals surface area contributed by atoms with Crippen molar-refractivity contribution in [2.45, 2.75) is 25.3 Å². The maximum Gasteiger partial charge on any atom is 0.306 e. The molecule has 0 saturated carbocycles. The van der Waals surface area contributed by atoms with Crippen LogP contribution < -0.4 is 16.8 Å². The zero-order valence-electron chi connectivity index (χ0n) is 12.7. The minimum absolute atomic E-state index is 0.00238. The summed E-state index contributed by atoms with van der Waals surface area (Å²) in [5.41, 5.74) is 10.2. The van der Waals surface area contributed by atoms with Gasteiger partial charge in [-0.15, -0.1) is 11.8 Å². The number of primary amides is 2. The number of hydrogen-bond acceptors (Lipinski definition) is 6. The molecular weight excluding hydrogens is 324 g/mol. The van der Waals surface area contributed by atoms with Crippen molar-refractivity contribution in [1.82, 2.24) is 4.98 Å². The van der Waals surface area contributed by atoms with Gasteiger partial charge in [-0.05, 0) is 6.92 Å². The Balaban J connectivity index is 3.06. The number of carbonyl (C=O) groups is 4. The van der Waals surface area contributed by atoms with Gasteiger partial charge in [0.05, 0.1) is 29.2 Å². The molecule has 0 unspecified atom stereocenters. The summed E-state index contributed by atoms with van der Waals surface area (Å²) in [5.74, 6) is -2.33. The summed E-state index contributed by atoms with van der Waals surface area (Å²) in [7, 11) is 0. The van der Waals surface area contributed by atoms with Gasteiger partial charge >= 0.3 is 5.97 Å². The monoisotopic (exact) mass is 342 g/mol. The summed E-state index contributed by atoms with van der Waals surface area (Å²) in [5, 5.41) is 2.63. The maximum atomic E-state index is 11.6. The largest absolute Gasteiger partial charge is 0.466 e. The summed E-state index contributed by atoms with van der Waals surface area (Å²) < 4.78 is 4.79. The molecular formula is C13H18N4O5S. The molecule has 0 aromatic carbocycles. The SMILES string of the molecule is CCOC(=O)CCSc1[nH]c(NC(C)=O)c(C(N)=O)c1C(N)=O. The Morgan fingerprint density at radius 1 is 1.17 bits per heavy atom. The third kappa shape index (κ3) is 5.02. The van der Waals surface area contributed by atoms with Crippen LogP contribution in [0, 0.1) is 0 Å². The number of H-pyrrole nitrogens is 1. The van der Waals surface area contributed by atoms with Gasteiger partial charge in [0.25, 0.3) is 11.8 Å². The number of esters is 1. The molecule has 1 heterocycles. The molecule has 0 saturated heterocycles. The Labute approximate surface area is 136 Å². The Morgan fingerprint density at radius 3 is 2.26 bits per heavy atom. The lowest BCUT2D eigenvalue weighted by atomic mass is 10.1. The van der Waals surface area contributed by atoms with E-state index in [4.69, 9.17) is 16.2 Å². The second-order valence-electron chi connectivity index (χ2n) is 4.39. The smallest absolute Gasteiger partial charge is 0.306 e. The second kappa shape index (κ2) is 8.22. The predicted molar refractivity (Wildman–Crippen MR) is 84.1 cm³/mol. The van der Waals surface area contributed by atoms with Gasteiger partial charge in [-0.25, -0.2) is 0 Å². The van der Waals surface area contributed by atoms with Crippen molar-refractivity contribution in [3.8, 4) is 0 Å². The number of nitrogens with one attached hydrogen (secondary N) is 2. The van der Waals surface area contributed by atoms with Crippen molar-refractivity contribution in [2.24, 2.45) is 11.5 Å². The van der Waals surface area contributed by atoms with E-state index in [-0.39, 0.29) is 46.7 Å². The van der Waals surface area contributed by atoms with Crippen molar-refractivity contribution < 1.29 is 23.9 Å². The number of rotatable bonds is 8. The minimum Gasteiger partial charge on any atom is -0.466 e. The standard InChI is InChI=1S/C13H18N4O5S/c1-3-22-7(19)4-5-23-13-9(11(15)21)8(10(14)20)12(17-13)16-6(2)18/h17H,3-5H2,1-2H3,(H2,14,20)(H2,15,21)(H,16,18). The Morgan fingerprint density at radius 2 is 1.78 bits per heavy atom. The zero-order valence-corrected chi connectivity index (χ0v) is 13.5. The molecule has 0 aliphatic rings. The number of ether oxygens (including phenoxy) is 1. The number of aromatic amines is 1. The lowest BCUT2D eigenvalue weighted by molar-refractivity contribution is -0.142. The van der Waals surface area contributed by atoms with Gasteiger partial charge in [-0.1, -0.05) is 0 Å². The first kappa shape index (κ1) is 18.6. The van der Waals surface area contributed by atoms with Crippen molar-refractivity contribution in [3.05, 3.63) is 11.1 Å². The molecule has 6 N–H and O–H groups in total. The van der Waals surface area contributed by atoms with Gasteiger partial charge in [0, 0.05) is 12.7 Å². The van der Waals surface area contributed by atoms with E-state index in [1.165, 1.54) is 6.92 Å². The van der Waals surface area contributed by atoms with Gasteiger partial charge in [0.1, 0.15) is 5.82 Å². The summed E-state index contributed by atoms with van der Waals surface area (Å²) in [6.07, 6.45) is 0.108. The first-order valence-electron chi connectivity index (χ1n) is 6.69. The molecule has 3 amide bonds. The summed E-state index contributed by atoms with van der Waals surface area (Å²) in [6.45, 7) is 3.21. The van der Waals surface area contributed by atoms with Gasteiger partial charge in [-0.2, -0.15) is 0 Å². The minimum atomic E-state index is -0.906. The first-order chi connectivity index (χ1) is 10.8. The molecule has 126 valence electrons. The van der Waals surface area contributed by atoms with Crippen molar-refractivity contribution in [3.63, 3.8) is 0 Å². The lowest BCUT2D eigenvalue weighted by Crippen LogP contribution is -2.21. The van der Waals surface area contributed by atoms with Crippen LogP contribution in [0.15, 0.2) is 5.03 Å². The molecule has 1 rings (SSSR count). The summed E-state index contributed by atoms with van der Waals surface area (Å²) in [4.78, 5) is 48.4. The Bertz CT molecular complexity index is 641. The molecule has 23 heavy (non-hydrogen) atoms. The van der Waals surface area contributed by atoms with E-state index >= 15 is 0 Å². The summed E-state index contributed by atoms with van der Waals surface area (Å²) in [6, 6.07) is 0. The van der Waals surface area contributed by atoms with Crippen molar-refractivity contribution in [2.75, 3.05) is 17.7 Å². The number of thioether (sulfide) groups is 1. The number of carbonyl (C=O) groups excluding carboxylic acids is 4. The highest BCUT2D eigenvalue weighted by Crippen LogP contribution is 2.30. The molecule has 9 nitrogen and oxygen atoms in total. The summed E-state index contributed by atoms with van der Waals surface area (Å²) >= 11 is 1.09. The van der Waals surface area contributed by atoms with Crippen LogP contribution in [0.25, 0.3) is 0 Å². The van der Waals surface area contributed by atoms with E-state index in [1.54, 1.807) is 6.92 Å². The van der Waals surface area contributed by atoms with Crippen LogP contribution in [0.4, 0.5) is 5.82 Å². The van der Waals surface area contributed by atoms with Gasteiger partial charge in [0.2, 0.25) is 5.91 Å². The van der Waals surface area contributed by atoms with Crippen LogP contribution in [0.2, 0.25) is 0 Å². The average molecular weight is 342 g/mol. The quantitative estimate of drug-likeness (QED) is 0.391. The fourth-order valence-electron chi connectivity index (χ4n) is 1.81. The third-order valence-corrected chi connectivity index (χ3v) is 3.62. The molecule has 1 aromatic heterocycles. The number of amides is 3. The number of hydrogen-bond donors (Lipinski definition) is 4. The third-order valence-electron chi connectivity index (χ3n) is 2.62. The Hall–Kier alpha value is -2.49. The molecule has 10 heteroatoms. The fraction of sp³-hybridized carbons (Fsp3) is 0.385. The average Bonchev–Trinajstić information content (AvgIpc) is 2.76. The van der Waals surface area contributed by atoms with E-state index in [1.807, 2.05) is 0 Å². The molecule has 0 spiro atoms. The van der Waals surface area contributed by atoms with Crippen LogP contribution in [-0.2, 0) is 14.3 Å². The molecule has 0 fully saturated rings. The number of anilines is 1. The maximum absolute atomic E-state index is 11.6. The molecule has 0 radical (unpaired) electrons. The second-order valence-corrected chi connectivity index (χ2v) is 5.50. The van der Waals surface area contributed by atoms with E-state index in [0.717, 1.165) is 11.8 Å². The molecule has 1 aromatic rings. The van der Waals surface area contributed by atoms with Gasteiger partial charge < -0.3 is 26.5 Å². The lowest BCUT2D eigenvalue weighted by Gasteiger charge is -2.03. The van der Waals surface area contributed by atoms with Gasteiger partial charge in [0.15, 0.2) is 0 Å². The van der Waals surface area contributed by atoms with E-state index in [9.17, 15) is 19.2 Å². The topological polar surface area (TPSA) is 157 Å². The van der Waals surface area contributed by atoms with Crippen LogP contribution in [0.5, 0.6) is 0 Å². The van der Waals surface area contributed by atoms with E-state index in [0.29, 0.717) is 0 Å². The first-order valence-corrected chi connectivity index (χ1v) is 7.68. The van der Waals surface area contributed by atoms with Crippen molar-refractivity contribution in [1.29, 1.82) is 0 Å². The Kier molecular flexibility index (Phi) is 6.64. The van der Waals surface area contributed by atoms with Crippen molar-refractivity contribution >= 4 is 41.3 Å². The van der Waals surface area contributed by atoms with Crippen LogP contribution in [-0.4, -0.2) is 41.0 Å². The highest BCUT2D eigenvalue weighted by atomic mass is 32.2. The number of nitrogens with two attached hydrogens (primary N) is 2. The number of aromatic nitrogens is 1. The molecule has 0 aliphatic carbocycles. The molecule has 0 aliphatic heterocycles. The predicted octanol–water partition coefficient (Wildman–Crippen LogP) is 0.216. The van der Waals surface area contributed by atoms with E-state index < -0.39 is 17.7 Å². The highest BCUT2D eigenvalue weighted by molar-refractivity contribution is 7.99. The highest BCUT2D eigenvalue weighted by Gasteiger charge is 2.26. The van der Waals surface area contributed by atoms with E-state index in [2.05, 4.69) is 10.3 Å². The van der Waals surface area contributed by atoms with Crippen LogP contribution in [0.3, 0.4) is 0 Å². The molecule has 0 atom stereocenters. The van der Waals surface area contributed by atoms with Crippen LogP contribution >= 0.6 is 11.8 Å². The zero-order chi connectivity index (χ0) is 17.6. The normalized spacial score (nSPS) is 10.2. The van der Waals surface area contributed by atoms with Crippen LogP contribution in [0.1, 0.15) is 41.0 Å².